The molecule has 0 heterocycles. The van der Waals surface area contributed by atoms with Crippen LogP contribution in [0.5, 0.6) is 0 Å². The molecule has 0 atom stereocenters. The van der Waals surface area contributed by atoms with Gasteiger partial charge in [-0.15, -0.1) is 0 Å². The summed E-state index contributed by atoms with van der Waals surface area (Å²) in [5, 5.41) is 0. The van der Waals surface area contributed by atoms with Gasteiger partial charge in [0.1, 0.15) is 0 Å². The summed E-state index contributed by atoms with van der Waals surface area (Å²) in [5.41, 5.74) is 2.72. The second-order valence-electron chi connectivity index (χ2n) is 1.97. The summed E-state index contributed by atoms with van der Waals surface area (Å²) in [6, 6.07) is 6.41. The van der Waals surface area contributed by atoms with Crippen LogP contribution in [0.2, 0.25) is 0 Å². The molecule has 0 unspecified atom stereocenters. The van der Waals surface area contributed by atoms with Gasteiger partial charge in [0, 0.05) is 0 Å². The van der Waals surface area contributed by atoms with Gasteiger partial charge in [0.05, 0.1) is 0 Å². The molecule has 0 aliphatic carbocycles. The topological polar surface area (TPSA) is 17.1 Å². The second-order valence-corrected chi connectivity index (χ2v) is 1.97. The Morgan fingerprint density at radius 3 is 1.91 bits per heavy atom. The van der Waals surface area contributed by atoms with Crippen molar-refractivity contribution < 1.29 is 45.9 Å². The molecule has 0 aliphatic rings. The van der Waals surface area contributed by atoms with Crippen LogP contribution in [0.3, 0.4) is 0 Å². The van der Waals surface area contributed by atoms with Gasteiger partial charge in [-0.1, -0.05) is 13.8 Å². The third-order valence-electron chi connectivity index (χ3n) is 1.06. The van der Waals surface area contributed by atoms with E-state index in [2.05, 4.69) is 32.0 Å². The molecule has 0 spiro atoms. The van der Waals surface area contributed by atoms with Crippen molar-refractivity contribution >= 4 is 0 Å². The summed E-state index contributed by atoms with van der Waals surface area (Å²) in [7, 11) is 0. The first-order valence-corrected chi connectivity index (χ1v) is 3.24. The fourth-order valence-electron chi connectivity index (χ4n) is 0.718. The van der Waals surface area contributed by atoms with Crippen molar-refractivity contribution in [2.75, 3.05) is 0 Å². The van der Waals surface area contributed by atoms with Crippen LogP contribution >= 0.6 is 0 Å². The summed E-state index contributed by atoms with van der Waals surface area (Å²) in [6.45, 7) is 4.21. The Kier molecular flexibility index (Phi) is 16.3. The first-order chi connectivity index (χ1) is 4.29. The monoisotopic (exact) mass is 230 g/mol. The Labute approximate surface area is 89.0 Å². The fraction of sp³-hybridized carbons (Fsp3) is 0.286. The minimum atomic E-state index is 0. The van der Waals surface area contributed by atoms with Gasteiger partial charge in [-0.05, 0) is 0 Å². The van der Waals surface area contributed by atoms with Gasteiger partial charge in [-0.25, -0.2) is 11.6 Å². The molecule has 1 rings (SSSR count). The van der Waals surface area contributed by atoms with E-state index in [4.69, 9.17) is 3.67 Å². The number of halogens is 2. The van der Waals surface area contributed by atoms with Crippen molar-refractivity contribution in [1.29, 1.82) is 0 Å². The Bertz CT molecular complexity index is 160. The van der Waals surface area contributed by atoms with Gasteiger partial charge in [0.15, 0.2) is 0 Å². The molecular weight excluding hydrogens is 222 g/mol. The predicted molar refractivity (Wildman–Crippen MR) is 32.2 cm³/mol. The average Bonchev–Trinajstić information content (AvgIpc) is 2.20. The zero-order valence-electron chi connectivity index (χ0n) is 6.34. The first kappa shape index (κ1) is 17.4. The molecule has 0 aliphatic heterocycles. The van der Waals surface area contributed by atoms with Crippen molar-refractivity contribution in [3.05, 3.63) is 29.3 Å². The van der Waals surface area contributed by atoms with Crippen LogP contribution in [0.25, 0.3) is 0 Å². The van der Waals surface area contributed by atoms with Crippen LogP contribution in [-0.2, 0) is 21.0 Å². The molecule has 1 aromatic carbocycles. The Hall–Kier alpha value is 0.314. The van der Waals surface area contributed by atoms with E-state index in [1.54, 1.807) is 0 Å². The molecule has 63 valence electrons. The molecule has 0 saturated carbocycles. The molecule has 11 heavy (non-hydrogen) atoms. The Balaban J connectivity index is -0.000000149. The fourth-order valence-corrected chi connectivity index (χ4v) is 0.718. The number of rotatable bonds is 0. The van der Waals surface area contributed by atoms with E-state index >= 15 is 0 Å². The first-order valence-electron chi connectivity index (χ1n) is 2.67. The third-order valence-corrected chi connectivity index (χ3v) is 1.06. The third kappa shape index (κ3) is 8.22. The summed E-state index contributed by atoms with van der Waals surface area (Å²) < 4.78 is 8.19. The van der Waals surface area contributed by atoms with E-state index in [0.717, 1.165) is 17.4 Å². The zero-order chi connectivity index (χ0) is 7.28. The van der Waals surface area contributed by atoms with E-state index < -0.39 is 0 Å². The average molecular weight is 231 g/mol. The molecule has 0 radical (unpaired) electrons. The van der Waals surface area contributed by atoms with Crippen LogP contribution in [0, 0.1) is 13.8 Å². The minimum absolute atomic E-state index is 0. The normalized spacial score (nSPS) is 6.55. The van der Waals surface area contributed by atoms with Gasteiger partial charge in [-0.3, -0.25) is 0 Å². The molecule has 0 amide bonds. The number of aryl methyl sites for hydroxylation is 2. The number of hydrogen-bond donors (Lipinski definition) is 0. The second kappa shape index (κ2) is 10.3. The van der Waals surface area contributed by atoms with Crippen LogP contribution in [0.1, 0.15) is 11.1 Å². The maximum absolute atomic E-state index is 8.19. The van der Waals surface area contributed by atoms with Crippen molar-refractivity contribution in [2.45, 2.75) is 13.8 Å². The van der Waals surface area contributed by atoms with Crippen LogP contribution in [0.4, 0.5) is 0 Å². The van der Waals surface area contributed by atoms with Crippen molar-refractivity contribution in [2.24, 2.45) is 0 Å². The van der Waals surface area contributed by atoms with Crippen LogP contribution in [-0.4, -0.2) is 0 Å². The molecule has 1 aromatic rings. The van der Waals surface area contributed by atoms with E-state index in [0.29, 0.717) is 0 Å². The predicted octanol–water partition coefficient (Wildman–Crippen LogP) is -4.09. The van der Waals surface area contributed by atoms with Gasteiger partial charge >= 0.3 is 21.0 Å². The molecule has 0 fully saturated rings. The van der Waals surface area contributed by atoms with E-state index in [1.165, 1.54) is 11.1 Å². The molecule has 0 saturated heterocycles. The summed E-state index contributed by atoms with van der Waals surface area (Å²) in [4.78, 5) is 0. The van der Waals surface area contributed by atoms with Gasteiger partial charge < -0.3 is 24.8 Å². The Morgan fingerprint density at radius 2 is 1.82 bits per heavy atom. The van der Waals surface area contributed by atoms with Gasteiger partial charge in [-0.2, -0.15) is 17.7 Å². The quantitative estimate of drug-likeness (QED) is 0.415. The van der Waals surface area contributed by atoms with E-state index in [9.17, 15) is 0 Å². The maximum atomic E-state index is 8.19. The molecular formula is C7H9Cl2OV-. The van der Waals surface area contributed by atoms with Crippen molar-refractivity contribution in [3.63, 3.8) is 0 Å². The SMILES string of the molecule is Cc1cc[c-](C)c1.[Cl-].[Cl-].[O]=[V+2]. The summed E-state index contributed by atoms with van der Waals surface area (Å²) in [6.07, 6.45) is 0. The van der Waals surface area contributed by atoms with Gasteiger partial charge in [0.25, 0.3) is 0 Å². The number of hydrogen-bond acceptors (Lipinski definition) is 1. The van der Waals surface area contributed by atoms with Gasteiger partial charge in [0.2, 0.25) is 0 Å². The molecule has 1 nitrogen and oxygen atoms in total. The Morgan fingerprint density at radius 1 is 1.36 bits per heavy atom. The van der Waals surface area contributed by atoms with E-state index in [1.807, 2.05) is 0 Å². The summed E-state index contributed by atoms with van der Waals surface area (Å²) >= 11 is 1.06. The van der Waals surface area contributed by atoms with Crippen molar-refractivity contribution in [3.8, 4) is 0 Å². The molecule has 0 N–H and O–H groups in total. The van der Waals surface area contributed by atoms with E-state index in [-0.39, 0.29) is 24.8 Å². The standard InChI is InChI=1S/C7H9.2ClH.O.V/c1-6-3-4-7(2)5-6;;;;/h3-5H,1-2H3;2*1H;;/q-1;;;;+2/p-2. The molecule has 4 heteroatoms. The summed E-state index contributed by atoms with van der Waals surface area (Å²) in [5.74, 6) is 0. The molecule has 0 aromatic heterocycles. The van der Waals surface area contributed by atoms with Crippen LogP contribution in [0.15, 0.2) is 18.2 Å². The van der Waals surface area contributed by atoms with Crippen molar-refractivity contribution in [1.82, 2.24) is 0 Å². The van der Waals surface area contributed by atoms with Crippen LogP contribution < -0.4 is 24.8 Å². The molecule has 0 bridgehead atoms. The zero-order valence-corrected chi connectivity index (χ0v) is 9.25.